The molecule has 1 N–H and O–H groups in total. The van der Waals surface area contributed by atoms with E-state index in [1.165, 1.54) is 38.5 Å². The van der Waals surface area contributed by atoms with Gasteiger partial charge in [0, 0.05) is 25.8 Å². The highest BCUT2D eigenvalue weighted by atomic mass is 16.5. The van der Waals surface area contributed by atoms with Crippen LogP contribution in [0.15, 0.2) is 0 Å². The maximum atomic E-state index is 5.96. The van der Waals surface area contributed by atoms with Gasteiger partial charge < -0.3 is 14.8 Å². The summed E-state index contributed by atoms with van der Waals surface area (Å²) in [5.74, 6) is 0. The molecule has 3 heteroatoms. The first-order valence-corrected chi connectivity index (χ1v) is 7.17. The molecule has 1 saturated heterocycles. The Balaban J connectivity index is 1.79. The van der Waals surface area contributed by atoms with Crippen molar-refractivity contribution >= 4 is 0 Å². The molecule has 2 fully saturated rings. The molecule has 0 aromatic rings. The Hall–Kier alpha value is -0.120. The van der Waals surface area contributed by atoms with Gasteiger partial charge in [-0.1, -0.05) is 13.3 Å². The lowest BCUT2D eigenvalue weighted by Gasteiger charge is -2.48. The molecule has 0 radical (unpaired) electrons. The van der Waals surface area contributed by atoms with Crippen LogP contribution in [-0.4, -0.2) is 38.0 Å². The quantitative estimate of drug-likeness (QED) is 0.775. The second kappa shape index (κ2) is 6.17. The third kappa shape index (κ3) is 3.43. The molecule has 1 saturated carbocycles. The van der Waals surface area contributed by atoms with Crippen LogP contribution in [0.25, 0.3) is 0 Å². The first-order chi connectivity index (χ1) is 8.28. The minimum absolute atomic E-state index is 0.250. The van der Waals surface area contributed by atoms with Crippen molar-refractivity contribution in [3.8, 4) is 0 Å². The molecule has 1 spiro atoms. The van der Waals surface area contributed by atoms with Gasteiger partial charge in [0.15, 0.2) is 0 Å². The largest absolute Gasteiger partial charge is 0.383 e. The van der Waals surface area contributed by atoms with Gasteiger partial charge in [0.1, 0.15) is 0 Å². The fourth-order valence-corrected chi connectivity index (χ4v) is 3.19. The summed E-state index contributed by atoms with van der Waals surface area (Å²) in [7, 11) is 1.79. The summed E-state index contributed by atoms with van der Waals surface area (Å²) >= 11 is 0. The van der Waals surface area contributed by atoms with Crippen LogP contribution in [0.5, 0.6) is 0 Å². The number of ether oxygens (including phenoxy) is 2. The van der Waals surface area contributed by atoms with Crippen LogP contribution >= 0.6 is 0 Å². The van der Waals surface area contributed by atoms with Gasteiger partial charge in [0.2, 0.25) is 0 Å². The van der Waals surface area contributed by atoms with E-state index in [1.54, 1.807) is 7.11 Å². The number of methoxy groups -OCH3 is 1. The van der Waals surface area contributed by atoms with Crippen molar-refractivity contribution in [2.45, 2.75) is 69.6 Å². The first kappa shape index (κ1) is 13.3. The molecule has 2 rings (SSSR count). The van der Waals surface area contributed by atoms with E-state index in [0.717, 1.165) is 19.6 Å². The molecule has 0 aromatic heterocycles. The zero-order valence-electron chi connectivity index (χ0n) is 11.3. The van der Waals surface area contributed by atoms with E-state index in [-0.39, 0.29) is 5.60 Å². The number of hydrogen-bond acceptors (Lipinski definition) is 3. The molecule has 0 aromatic carbocycles. The molecule has 17 heavy (non-hydrogen) atoms. The summed E-state index contributed by atoms with van der Waals surface area (Å²) in [6.45, 7) is 4.00. The molecule has 0 bridgehead atoms. The maximum absolute atomic E-state index is 5.96. The minimum atomic E-state index is 0.250. The third-order valence-corrected chi connectivity index (χ3v) is 4.23. The Kier molecular flexibility index (Phi) is 4.83. The smallest absolute Gasteiger partial charge is 0.0697 e. The Labute approximate surface area is 105 Å². The van der Waals surface area contributed by atoms with Crippen molar-refractivity contribution in [1.82, 2.24) is 5.32 Å². The van der Waals surface area contributed by atoms with E-state index in [1.807, 2.05) is 0 Å². The first-order valence-electron chi connectivity index (χ1n) is 7.17. The van der Waals surface area contributed by atoms with Crippen LogP contribution < -0.4 is 5.32 Å². The molecule has 2 unspecified atom stereocenters. The van der Waals surface area contributed by atoms with Gasteiger partial charge >= 0.3 is 0 Å². The van der Waals surface area contributed by atoms with Crippen LogP contribution in [0.3, 0.4) is 0 Å². The predicted molar refractivity (Wildman–Crippen MR) is 69.3 cm³/mol. The zero-order valence-corrected chi connectivity index (χ0v) is 11.3. The highest BCUT2D eigenvalue weighted by molar-refractivity contribution is 4.96. The lowest BCUT2D eigenvalue weighted by atomic mass is 9.74. The van der Waals surface area contributed by atoms with E-state index in [0.29, 0.717) is 12.1 Å². The van der Waals surface area contributed by atoms with Crippen molar-refractivity contribution in [1.29, 1.82) is 0 Å². The average molecular weight is 241 g/mol. The molecular formula is C14H27NO2. The molecule has 1 aliphatic carbocycles. The van der Waals surface area contributed by atoms with Gasteiger partial charge in [0.25, 0.3) is 0 Å². The van der Waals surface area contributed by atoms with E-state index < -0.39 is 0 Å². The van der Waals surface area contributed by atoms with Crippen molar-refractivity contribution in [3.63, 3.8) is 0 Å². The van der Waals surface area contributed by atoms with Crippen LogP contribution in [0.1, 0.15) is 51.9 Å². The average Bonchev–Trinajstić information content (AvgIpc) is 2.28. The van der Waals surface area contributed by atoms with Crippen molar-refractivity contribution in [2.24, 2.45) is 0 Å². The van der Waals surface area contributed by atoms with Crippen LogP contribution in [-0.2, 0) is 9.47 Å². The summed E-state index contributed by atoms with van der Waals surface area (Å²) < 4.78 is 11.3. The Morgan fingerprint density at radius 3 is 2.88 bits per heavy atom. The Morgan fingerprint density at radius 1 is 1.47 bits per heavy atom. The maximum Gasteiger partial charge on any atom is 0.0697 e. The molecule has 2 aliphatic rings. The second-order valence-corrected chi connectivity index (χ2v) is 5.68. The van der Waals surface area contributed by atoms with E-state index in [2.05, 4.69) is 12.2 Å². The summed E-state index contributed by atoms with van der Waals surface area (Å²) in [5.41, 5.74) is 0.250. The number of nitrogens with one attached hydrogen (secondary N) is 1. The van der Waals surface area contributed by atoms with Crippen LogP contribution in [0.2, 0.25) is 0 Å². The van der Waals surface area contributed by atoms with Gasteiger partial charge in [-0.25, -0.2) is 0 Å². The van der Waals surface area contributed by atoms with Gasteiger partial charge in [-0.05, 0) is 38.5 Å². The lowest BCUT2D eigenvalue weighted by molar-refractivity contribution is -0.136. The van der Waals surface area contributed by atoms with Gasteiger partial charge in [-0.15, -0.1) is 0 Å². The second-order valence-electron chi connectivity index (χ2n) is 5.68. The SMILES string of the molecule is CCCC(COC)NC1CCOC2(CCC2)C1. The Bertz CT molecular complexity index is 222. The minimum Gasteiger partial charge on any atom is -0.383 e. The topological polar surface area (TPSA) is 30.5 Å². The monoisotopic (exact) mass is 241 g/mol. The van der Waals surface area contributed by atoms with Gasteiger partial charge in [-0.3, -0.25) is 0 Å². The molecule has 100 valence electrons. The fraction of sp³-hybridized carbons (Fsp3) is 1.00. The zero-order chi connectivity index (χ0) is 12.1. The third-order valence-electron chi connectivity index (χ3n) is 4.23. The van der Waals surface area contributed by atoms with Crippen molar-refractivity contribution in [2.75, 3.05) is 20.3 Å². The standard InChI is InChI=1S/C14H27NO2/c1-3-5-13(11-16-2)15-12-6-9-17-14(10-12)7-4-8-14/h12-13,15H,3-11H2,1-2H3. The van der Waals surface area contributed by atoms with Crippen molar-refractivity contribution in [3.05, 3.63) is 0 Å². The van der Waals surface area contributed by atoms with E-state index in [4.69, 9.17) is 9.47 Å². The van der Waals surface area contributed by atoms with E-state index in [9.17, 15) is 0 Å². The molecule has 0 amide bonds. The van der Waals surface area contributed by atoms with Crippen molar-refractivity contribution < 1.29 is 9.47 Å². The summed E-state index contributed by atoms with van der Waals surface area (Å²) in [5, 5.41) is 3.78. The highest BCUT2D eigenvalue weighted by Crippen LogP contribution is 2.42. The number of rotatable bonds is 6. The van der Waals surface area contributed by atoms with Crippen LogP contribution in [0.4, 0.5) is 0 Å². The summed E-state index contributed by atoms with van der Waals surface area (Å²) in [6.07, 6.45) is 8.68. The fourth-order valence-electron chi connectivity index (χ4n) is 3.19. The molecule has 1 aliphatic heterocycles. The lowest BCUT2D eigenvalue weighted by Crippen LogP contribution is -2.53. The molecule has 3 nitrogen and oxygen atoms in total. The molecule has 2 atom stereocenters. The summed E-state index contributed by atoms with van der Waals surface area (Å²) in [6, 6.07) is 1.15. The highest BCUT2D eigenvalue weighted by Gasteiger charge is 2.42. The molecule has 1 heterocycles. The van der Waals surface area contributed by atoms with Gasteiger partial charge in [0.05, 0.1) is 12.2 Å². The van der Waals surface area contributed by atoms with E-state index >= 15 is 0 Å². The normalized spacial score (nSPS) is 28.9. The Morgan fingerprint density at radius 2 is 2.29 bits per heavy atom. The predicted octanol–water partition coefficient (Wildman–Crippen LogP) is 2.49. The number of hydrogen-bond donors (Lipinski definition) is 1. The van der Waals surface area contributed by atoms with Gasteiger partial charge in [-0.2, -0.15) is 0 Å². The van der Waals surface area contributed by atoms with Crippen LogP contribution in [0, 0.1) is 0 Å². The summed E-state index contributed by atoms with van der Waals surface area (Å²) in [4.78, 5) is 0. The molecular weight excluding hydrogens is 214 g/mol.